The van der Waals surface area contributed by atoms with Gasteiger partial charge in [0.05, 0.1) is 5.97 Å². The van der Waals surface area contributed by atoms with Gasteiger partial charge in [0.25, 0.3) is 5.91 Å². The van der Waals surface area contributed by atoms with E-state index in [-0.39, 0.29) is 5.69 Å². The fraction of sp³-hybridized carbons (Fsp3) is 0. The zero-order valence-electron chi connectivity index (χ0n) is 9.46. The zero-order valence-corrected chi connectivity index (χ0v) is 10.2. The van der Waals surface area contributed by atoms with Crippen LogP contribution < -0.4 is 10.4 Å². The number of nitrogens with zero attached hydrogens (tertiary/aromatic N) is 2. The summed E-state index contributed by atoms with van der Waals surface area (Å²) in [6, 6.07) is 6.34. The molecule has 0 radical (unpaired) electrons. The number of hydrogen-bond donors (Lipinski definition) is 1. The summed E-state index contributed by atoms with van der Waals surface area (Å²) in [6.45, 7) is 0. The van der Waals surface area contributed by atoms with Crippen LogP contribution in [0.5, 0.6) is 0 Å². The molecule has 96 valence electrons. The van der Waals surface area contributed by atoms with Gasteiger partial charge in [-0.1, -0.05) is 11.6 Å². The Labute approximate surface area is 113 Å². The highest BCUT2D eigenvalue weighted by atomic mass is 35.5. The molecule has 0 aliphatic heterocycles. The first kappa shape index (κ1) is 13.0. The third kappa shape index (κ3) is 3.05. The first-order chi connectivity index (χ1) is 9.08. The first-order valence-corrected chi connectivity index (χ1v) is 5.55. The van der Waals surface area contributed by atoms with Crippen LogP contribution in [0.15, 0.2) is 36.7 Å². The van der Waals surface area contributed by atoms with Crippen molar-refractivity contribution in [1.29, 1.82) is 0 Å². The van der Waals surface area contributed by atoms with Crippen molar-refractivity contribution in [2.75, 3.05) is 5.32 Å². The summed E-state index contributed by atoms with van der Waals surface area (Å²) in [7, 11) is 0. The molecule has 0 fully saturated rings. The van der Waals surface area contributed by atoms with E-state index in [1.807, 2.05) is 0 Å². The fourth-order valence-electron chi connectivity index (χ4n) is 1.38. The summed E-state index contributed by atoms with van der Waals surface area (Å²) < 4.78 is 0. The quantitative estimate of drug-likeness (QED) is 0.892. The maximum absolute atomic E-state index is 11.9. The second kappa shape index (κ2) is 5.45. The second-order valence-corrected chi connectivity index (χ2v) is 3.94. The summed E-state index contributed by atoms with van der Waals surface area (Å²) in [5.41, 5.74) is -0.351. The van der Waals surface area contributed by atoms with Gasteiger partial charge in [0.1, 0.15) is 5.69 Å². The lowest BCUT2D eigenvalue weighted by Gasteiger charge is -2.08. The monoisotopic (exact) mass is 276 g/mol. The minimum absolute atomic E-state index is 0.308. The Morgan fingerprint density at radius 2 is 1.63 bits per heavy atom. The van der Waals surface area contributed by atoms with Crippen LogP contribution in [0.2, 0.25) is 5.02 Å². The number of hydrogen-bond acceptors (Lipinski definition) is 5. The molecule has 1 amide bonds. The highest BCUT2D eigenvalue weighted by molar-refractivity contribution is 6.30. The Bertz CT molecular complexity index is 628. The van der Waals surface area contributed by atoms with Crippen LogP contribution in [0.1, 0.15) is 21.0 Å². The Balaban J connectivity index is 2.25. The average molecular weight is 277 g/mol. The molecule has 0 atom stereocenters. The maximum Gasteiger partial charge on any atom is 0.276 e. The zero-order chi connectivity index (χ0) is 13.8. The van der Waals surface area contributed by atoms with Gasteiger partial charge < -0.3 is 15.2 Å². The van der Waals surface area contributed by atoms with Crippen molar-refractivity contribution < 1.29 is 14.7 Å². The van der Waals surface area contributed by atoms with Crippen LogP contribution in [-0.4, -0.2) is 21.8 Å². The molecular weight excluding hydrogens is 270 g/mol. The number of nitrogens with one attached hydrogen (secondary N) is 1. The van der Waals surface area contributed by atoms with Crippen molar-refractivity contribution in [3.8, 4) is 0 Å². The molecule has 2 rings (SSSR count). The molecule has 0 saturated heterocycles. The number of aromatic carboxylic acids is 1. The Morgan fingerprint density at radius 1 is 1.05 bits per heavy atom. The molecule has 0 bridgehead atoms. The Hall–Kier alpha value is -2.47. The Morgan fingerprint density at radius 3 is 2.21 bits per heavy atom. The summed E-state index contributed by atoms with van der Waals surface area (Å²) in [5, 5.41) is 13.8. The van der Waals surface area contributed by atoms with Crippen LogP contribution in [0.25, 0.3) is 0 Å². The van der Waals surface area contributed by atoms with Gasteiger partial charge in [-0.2, -0.15) is 0 Å². The molecule has 7 heteroatoms. The van der Waals surface area contributed by atoms with E-state index in [1.54, 1.807) is 24.3 Å². The van der Waals surface area contributed by atoms with E-state index in [1.165, 1.54) is 12.4 Å². The molecule has 0 spiro atoms. The van der Waals surface area contributed by atoms with Gasteiger partial charge >= 0.3 is 0 Å². The van der Waals surface area contributed by atoms with E-state index < -0.39 is 17.6 Å². The molecule has 0 unspecified atom stereocenters. The second-order valence-electron chi connectivity index (χ2n) is 3.50. The van der Waals surface area contributed by atoms with E-state index in [9.17, 15) is 14.7 Å². The lowest BCUT2D eigenvalue weighted by atomic mass is 10.2. The molecule has 6 nitrogen and oxygen atoms in total. The van der Waals surface area contributed by atoms with Gasteiger partial charge in [0, 0.05) is 23.1 Å². The van der Waals surface area contributed by atoms with Gasteiger partial charge in [-0.25, -0.2) is 4.98 Å². The number of benzene rings is 1. The Kier molecular flexibility index (Phi) is 3.72. The van der Waals surface area contributed by atoms with Gasteiger partial charge in [-0.3, -0.25) is 9.78 Å². The van der Waals surface area contributed by atoms with Gasteiger partial charge in [0.2, 0.25) is 0 Å². The van der Waals surface area contributed by atoms with E-state index in [4.69, 9.17) is 11.6 Å². The van der Waals surface area contributed by atoms with Gasteiger partial charge in [0.15, 0.2) is 5.69 Å². The summed E-state index contributed by atoms with van der Waals surface area (Å²) in [4.78, 5) is 29.9. The van der Waals surface area contributed by atoms with Crippen molar-refractivity contribution in [2.45, 2.75) is 0 Å². The molecule has 19 heavy (non-hydrogen) atoms. The van der Waals surface area contributed by atoms with E-state index in [0.717, 1.165) is 0 Å². The summed E-state index contributed by atoms with van der Waals surface area (Å²) >= 11 is 5.71. The average Bonchev–Trinajstić information content (AvgIpc) is 2.41. The van der Waals surface area contributed by atoms with Crippen LogP contribution in [-0.2, 0) is 0 Å². The van der Waals surface area contributed by atoms with Gasteiger partial charge in [-0.05, 0) is 24.3 Å². The van der Waals surface area contributed by atoms with Crippen molar-refractivity contribution in [1.82, 2.24) is 9.97 Å². The van der Waals surface area contributed by atoms with Gasteiger partial charge in [-0.15, -0.1) is 0 Å². The third-order valence-corrected chi connectivity index (χ3v) is 2.46. The number of halogens is 1. The predicted octanol–water partition coefficient (Wildman–Crippen LogP) is 0.746. The molecule has 1 aromatic heterocycles. The lowest BCUT2D eigenvalue weighted by Crippen LogP contribution is -2.28. The number of carboxylic acid groups (broad SMARTS) is 1. The van der Waals surface area contributed by atoms with Crippen LogP contribution in [0, 0.1) is 0 Å². The van der Waals surface area contributed by atoms with Crippen molar-refractivity contribution >= 4 is 29.2 Å². The third-order valence-electron chi connectivity index (χ3n) is 2.21. The van der Waals surface area contributed by atoms with E-state index in [0.29, 0.717) is 10.7 Å². The number of carbonyl (C=O) groups excluding carboxylic acids is 2. The molecule has 1 N–H and O–H groups in total. The number of anilines is 1. The smallest absolute Gasteiger partial charge is 0.276 e. The number of aromatic nitrogens is 2. The maximum atomic E-state index is 11.9. The molecular formula is C12H7ClN3O3-. The number of rotatable bonds is 3. The molecule has 0 aliphatic rings. The normalized spacial score (nSPS) is 9.95. The van der Waals surface area contributed by atoms with Crippen LogP contribution >= 0.6 is 11.6 Å². The summed E-state index contributed by atoms with van der Waals surface area (Å²) in [5.74, 6) is -2.25. The van der Waals surface area contributed by atoms with Crippen LogP contribution in [0.4, 0.5) is 5.69 Å². The van der Waals surface area contributed by atoms with E-state index >= 15 is 0 Å². The minimum atomic E-state index is -1.56. The largest absolute Gasteiger partial charge is 0.543 e. The molecule has 1 heterocycles. The highest BCUT2D eigenvalue weighted by Gasteiger charge is 2.14. The SMILES string of the molecule is O=C([O-])c1nccnc1C(=O)Nc1ccc(Cl)cc1. The topological polar surface area (TPSA) is 95.0 Å². The van der Waals surface area contributed by atoms with Crippen molar-refractivity contribution in [2.24, 2.45) is 0 Å². The van der Waals surface area contributed by atoms with Crippen molar-refractivity contribution in [3.05, 3.63) is 53.1 Å². The molecule has 2 aromatic rings. The van der Waals surface area contributed by atoms with Crippen LogP contribution in [0.3, 0.4) is 0 Å². The predicted molar refractivity (Wildman–Crippen MR) is 65.8 cm³/mol. The fourth-order valence-corrected chi connectivity index (χ4v) is 1.50. The highest BCUT2D eigenvalue weighted by Crippen LogP contribution is 2.14. The lowest BCUT2D eigenvalue weighted by molar-refractivity contribution is -0.255. The first-order valence-electron chi connectivity index (χ1n) is 5.17. The summed E-state index contributed by atoms with van der Waals surface area (Å²) in [6.07, 6.45) is 2.40. The minimum Gasteiger partial charge on any atom is -0.543 e. The number of carboxylic acids is 1. The van der Waals surface area contributed by atoms with Crippen molar-refractivity contribution in [3.63, 3.8) is 0 Å². The molecule has 1 aromatic carbocycles. The number of amides is 1. The molecule has 0 saturated carbocycles. The standard InChI is InChI=1S/C12H8ClN3O3/c13-7-1-3-8(4-2-7)16-11(17)9-10(12(18)19)15-6-5-14-9/h1-6H,(H,16,17)(H,18,19)/p-1. The number of carbonyl (C=O) groups is 2. The molecule has 0 aliphatic carbocycles. The van der Waals surface area contributed by atoms with E-state index in [2.05, 4.69) is 15.3 Å².